The molecule has 4 heteroatoms. The predicted molar refractivity (Wildman–Crippen MR) is 87.2 cm³/mol. The lowest BCUT2D eigenvalue weighted by molar-refractivity contribution is 0.318. The molecule has 0 saturated carbocycles. The summed E-state index contributed by atoms with van der Waals surface area (Å²) in [4.78, 5) is 0. The van der Waals surface area contributed by atoms with Crippen LogP contribution in [0.3, 0.4) is 0 Å². The molecule has 112 valence electrons. The van der Waals surface area contributed by atoms with Crippen LogP contribution in [0.2, 0.25) is 0 Å². The average molecular weight is 293 g/mol. The summed E-state index contributed by atoms with van der Waals surface area (Å²) in [6.45, 7) is 5.07. The average Bonchev–Trinajstić information content (AvgIpc) is 2.59. The minimum Gasteiger partial charge on any atom is -0.492 e. The molecule has 0 aliphatic carbocycles. The molecule has 0 aliphatic heterocycles. The number of nitrogens with two attached hydrogens (primary N) is 1. The minimum absolute atomic E-state index is 0.240. The van der Waals surface area contributed by atoms with Crippen molar-refractivity contribution in [3.05, 3.63) is 78.0 Å². The predicted octanol–water partition coefficient (Wildman–Crippen LogP) is 2.74. The minimum atomic E-state index is -0.240. The van der Waals surface area contributed by atoms with E-state index in [1.807, 2.05) is 30.3 Å². The van der Waals surface area contributed by atoms with Gasteiger partial charge in [-0.05, 0) is 29.8 Å². The fraction of sp³-hybridized carbons (Fsp3) is 0.167. The van der Waals surface area contributed by atoms with Crippen molar-refractivity contribution in [3.63, 3.8) is 0 Å². The third-order valence-corrected chi connectivity index (χ3v) is 3.24. The van der Waals surface area contributed by atoms with Crippen molar-refractivity contribution in [3.8, 4) is 11.8 Å². The van der Waals surface area contributed by atoms with E-state index >= 15 is 0 Å². The highest BCUT2D eigenvalue weighted by molar-refractivity contribution is 5.34. The zero-order valence-corrected chi connectivity index (χ0v) is 12.3. The molecule has 1 atom stereocenters. The summed E-state index contributed by atoms with van der Waals surface area (Å²) in [6, 6.07) is 18.7. The second-order valence-electron chi connectivity index (χ2n) is 4.83. The molecule has 2 rings (SSSR count). The summed E-state index contributed by atoms with van der Waals surface area (Å²) >= 11 is 0. The van der Waals surface area contributed by atoms with E-state index in [4.69, 9.17) is 15.7 Å². The molecule has 0 radical (unpaired) electrons. The van der Waals surface area contributed by atoms with Crippen molar-refractivity contribution in [2.24, 2.45) is 5.73 Å². The Morgan fingerprint density at radius 1 is 1.18 bits per heavy atom. The van der Waals surface area contributed by atoms with Crippen molar-refractivity contribution >= 4 is 0 Å². The molecular formula is C18H19N3O. The first-order chi connectivity index (χ1) is 10.7. The van der Waals surface area contributed by atoms with Gasteiger partial charge in [0.1, 0.15) is 12.4 Å². The molecule has 0 amide bonds. The fourth-order valence-electron chi connectivity index (χ4n) is 1.98. The van der Waals surface area contributed by atoms with E-state index in [9.17, 15) is 0 Å². The molecule has 2 aromatic rings. The fourth-order valence-corrected chi connectivity index (χ4v) is 1.98. The van der Waals surface area contributed by atoms with Gasteiger partial charge in [-0.3, -0.25) is 0 Å². The normalized spacial score (nSPS) is 11.3. The van der Waals surface area contributed by atoms with Crippen molar-refractivity contribution in [1.29, 1.82) is 5.26 Å². The Morgan fingerprint density at radius 2 is 1.86 bits per heavy atom. The van der Waals surface area contributed by atoms with Crippen molar-refractivity contribution in [2.45, 2.75) is 6.04 Å². The SMILES string of the molecule is C=C(NCCOc1ccc(C#N)cc1)C(N)c1ccccc1. The van der Waals surface area contributed by atoms with Gasteiger partial charge in [-0.2, -0.15) is 5.26 Å². The number of hydrogen-bond donors (Lipinski definition) is 2. The highest BCUT2D eigenvalue weighted by Crippen LogP contribution is 2.15. The lowest BCUT2D eigenvalue weighted by Gasteiger charge is -2.17. The summed E-state index contributed by atoms with van der Waals surface area (Å²) in [6.07, 6.45) is 0. The van der Waals surface area contributed by atoms with Gasteiger partial charge in [-0.15, -0.1) is 0 Å². The summed E-state index contributed by atoms with van der Waals surface area (Å²) in [5.41, 5.74) is 8.53. The number of nitrogens with zero attached hydrogens (tertiary/aromatic N) is 1. The second kappa shape index (κ2) is 7.87. The van der Waals surface area contributed by atoms with E-state index in [1.165, 1.54) is 0 Å². The van der Waals surface area contributed by atoms with E-state index in [-0.39, 0.29) is 6.04 Å². The first kappa shape index (κ1) is 15.6. The van der Waals surface area contributed by atoms with Gasteiger partial charge in [0, 0.05) is 12.2 Å². The lowest BCUT2D eigenvalue weighted by Crippen LogP contribution is -2.27. The monoisotopic (exact) mass is 293 g/mol. The van der Waals surface area contributed by atoms with E-state index in [0.717, 1.165) is 17.0 Å². The van der Waals surface area contributed by atoms with Gasteiger partial charge in [-0.1, -0.05) is 36.9 Å². The Balaban J connectivity index is 1.74. The molecule has 0 fully saturated rings. The van der Waals surface area contributed by atoms with Crippen molar-refractivity contribution < 1.29 is 4.74 Å². The maximum Gasteiger partial charge on any atom is 0.119 e. The number of nitriles is 1. The molecule has 0 saturated heterocycles. The van der Waals surface area contributed by atoms with Gasteiger partial charge in [0.05, 0.1) is 17.7 Å². The third kappa shape index (κ3) is 4.37. The Kier molecular flexibility index (Phi) is 5.58. The van der Waals surface area contributed by atoms with Crippen molar-refractivity contribution in [1.82, 2.24) is 5.32 Å². The molecule has 0 aromatic heterocycles. The van der Waals surface area contributed by atoms with Crippen LogP contribution >= 0.6 is 0 Å². The highest BCUT2D eigenvalue weighted by atomic mass is 16.5. The lowest BCUT2D eigenvalue weighted by atomic mass is 10.1. The summed E-state index contributed by atoms with van der Waals surface area (Å²) < 4.78 is 5.59. The number of nitrogens with one attached hydrogen (secondary N) is 1. The quantitative estimate of drug-likeness (QED) is 0.770. The smallest absolute Gasteiger partial charge is 0.119 e. The largest absolute Gasteiger partial charge is 0.492 e. The second-order valence-corrected chi connectivity index (χ2v) is 4.83. The summed E-state index contributed by atoms with van der Waals surface area (Å²) in [5.74, 6) is 0.735. The number of rotatable bonds is 7. The Morgan fingerprint density at radius 3 is 2.50 bits per heavy atom. The molecule has 3 N–H and O–H groups in total. The topological polar surface area (TPSA) is 71.1 Å². The van der Waals surface area contributed by atoms with Gasteiger partial charge >= 0.3 is 0 Å². The van der Waals surface area contributed by atoms with E-state index in [0.29, 0.717) is 18.7 Å². The number of ether oxygens (including phenoxy) is 1. The molecule has 4 nitrogen and oxygen atoms in total. The first-order valence-corrected chi connectivity index (χ1v) is 7.07. The molecule has 22 heavy (non-hydrogen) atoms. The van der Waals surface area contributed by atoms with Crippen LogP contribution in [-0.2, 0) is 0 Å². The molecule has 0 heterocycles. The van der Waals surface area contributed by atoms with Gasteiger partial charge in [0.2, 0.25) is 0 Å². The molecule has 2 aromatic carbocycles. The van der Waals surface area contributed by atoms with E-state index in [1.54, 1.807) is 24.3 Å². The Hall–Kier alpha value is -2.77. The van der Waals surface area contributed by atoms with Crippen LogP contribution in [0.25, 0.3) is 0 Å². The zero-order chi connectivity index (χ0) is 15.8. The zero-order valence-electron chi connectivity index (χ0n) is 12.3. The standard InChI is InChI=1S/C18H19N3O/c1-14(18(20)16-5-3-2-4-6-16)21-11-12-22-17-9-7-15(13-19)8-10-17/h2-10,18,21H,1,11-12,20H2. The van der Waals surface area contributed by atoms with Crippen LogP contribution in [0.15, 0.2) is 66.9 Å². The van der Waals surface area contributed by atoms with Gasteiger partial charge in [-0.25, -0.2) is 0 Å². The van der Waals surface area contributed by atoms with Crippen LogP contribution in [0.5, 0.6) is 5.75 Å². The van der Waals surface area contributed by atoms with Gasteiger partial charge < -0.3 is 15.8 Å². The molecule has 1 unspecified atom stereocenters. The molecule has 0 bridgehead atoms. The van der Waals surface area contributed by atoms with Crippen LogP contribution < -0.4 is 15.8 Å². The van der Waals surface area contributed by atoms with Gasteiger partial charge in [0.25, 0.3) is 0 Å². The summed E-state index contributed by atoms with van der Waals surface area (Å²) in [5, 5.41) is 11.9. The molecular weight excluding hydrogens is 274 g/mol. The summed E-state index contributed by atoms with van der Waals surface area (Å²) in [7, 11) is 0. The van der Waals surface area contributed by atoms with E-state index in [2.05, 4.69) is 18.0 Å². The Labute approximate surface area is 130 Å². The van der Waals surface area contributed by atoms with Crippen LogP contribution in [0.1, 0.15) is 17.2 Å². The number of hydrogen-bond acceptors (Lipinski definition) is 4. The van der Waals surface area contributed by atoms with E-state index < -0.39 is 0 Å². The van der Waals surface area contributed by atoms with Gasteiger partial charge in [0.15, 0.2) is 0 Å². The van der Waals surface area contributed by atoms with Crippen LogP contribution in [0.4, 0.5) is 0 Å². The van der Waals surface area contributed by atoms with Crippen LogP contribution in [0, 0.1) is 11.3 Å². The molecule has 0 spiro atoms. The Bertz CT molecular complexity index is 644. The number of benzene rings is 2. The van der Waals surface area contributed by atoms with Crippen molar-refractivity contribution in [2.75, 3.05) is 13.2 Å². The molecule has 0 aliphatic rings. The third-order valence-electron chi connectivity index (χ3n) is 3.24. The van der Waals surface area contributed by atoms with Crippen LogP contribution in [-0.4, -0.2) is 13.2 Å². The highest BCUT2D eigenvalue weighted by Gasteiger charge is 2.08. The maximum absolute atomic E-state index is 8.73. The first-order valence-electron chi connectivity index (χ1n) is 7.07. The maximum atomic E-state index is 8.73.